The minimum absolute atomic E-state index is 0. The Bertz CT molecular complexity index is 756. The molecule has 2 heterocycles. The monoisotopic (exact) mass is 500 g/mol. The van der Waals surface area contributed by atoms with Gasteiger partial charge in [-0.3, -0.25) is 0 Å². The molecule has 6 heteroatoms. The fourth-order valence-electron chi connectivity index (χ4n) is 1.86. The summed E-state index contributed by atoms with van der Waals surface area (Å²) >= 11 is 0. The van der Waals surface area contributed by atoms with Crippen molar-refractivity contribution >= 4 is 11.5 Å². The molecule has 0 unspecified atom stereocenters. The zero-order valence-electron chi connectivity index (χ0n) is 12.6. The summed E-state index contributed by atoms with van der Waals surface area (Å²) < 4.78 is 0.870. The van der Waals surface area contributed by atoms with Crippen LogP contribution in [0.5, 0.6) is 0 Å². The molecule has 5 nitrogen and oxygen atoms in total. The zero-order valence-corrected chi connectivity index (χ0v) is 15.0. The van der Waals surface area contributed by atoms with Gasteiger partial charge in [0.25, 0.3) is 0 Å². The predicted molar refractivity (Wildman–Crippen MR) is 86.1 cm³/mol. The van der Waals surface area contributed by atoms with Gasteiger partial charge in [-0.1, -0.05) is 23.8 Å². The Labute approximate surface area is 153 Å². The van der Waals surface area contributed by atoms with E-state index < -0.39 is 5.97 Å². The predicted octanol–water partition coefficient (Wildman–Crippen LogP) is 2.80. The first-order valence-corrected chi connectivity index (χ1v) is 6.95. The van der Waals surface area contributed by atoms with Gasteiger partial charge in [0.15, 0.2) is 6.20 Å². The molecule has 3 rings (SSSR count). The molecule has 0 saturated carbocycles. The molecule has 0 aromatic carbocycles. The van der Waals surface area contributed by atoms with Gasteiger partial charge in [0.1, 0.15) is 11.4 Å². The van der Waals surface area contributed by atoms with Gasteiger partial charge in [0, 0.05) is 32.4 Å². The molecule has 24 heavy (non-hydrogen) atoms. The van der Waals surface area contributed by atoms with E-state index in [2.05, 4.69) is 11.1 Å². The fraction of sp³-hybridized carbons (Fsp3) is 0.0556. The average molecular weight is 500 g/mol. The Morgan fingerprint density at radius 3 is 2.62 bits per heavy atom. The topological polar surface area (TPSA) is 77.1 Å². The fourth-order valence-corrected chi connectivity index (χ4v) is 1.86. The van der Waals surface area contributed by atoms with Crippen LogP contribution in [0, 0.1) is 11.3 Å². The van der Waals surface area contributed by atoms with E-state index in [0.717, 1.165) is 16.7 Å². The van der Waals surface area contributed by atoms with Gasteiger partial charge in [-0.25, -0.2) is 14.5 Å². The van der Waals surface area contributed by atoms with E-state index in [1.54, 1.807) is 18.2 Å². The van der Waals surface area contributed by atoms with Gasteiger partial charge < -0.3 is 10.3 Å². The summed E-state index contributed by atoms with van der Waals surface area (Å²) in [6.45, 7) is 0. The van der Waals surface area contributed by atoms with Crippen molar-refractivity contribution in [3.63, 3.8) is 0 Å². The quantitative estimate of drug-likeness (QED) is 0.392. The largest absolute Gasteiger partial charge is 0.629 e. The average Bonchev–Trinajstić information content (AvgIpc) is 2.86. The molecule has 2 aromatic rings. The van der Waals surface area contributed by atoms with Gasteiger partial charge in [-0.05, 0) is 24.6 Å². The number of allylic oxidation sites excluding steroid dienone is 6. The number of aromatic nitrogens is 2. The van der Waals surface area contributed by atoms with Crippen LogP contribution in [0.3, 0.4) is 0 Å². The summed E-state index contributed by atoms with van der Waals surface area (Å²) in [4.78, 5) is 13.7. The molecule has 1 aliphatic rings. The van der Waals surface area contributed by atoms with Crippen LogP contribution in [-0.4, -0.2) is 16.1 Å². The molecular formula is C18H15IrN2O3-. The summed E-state index contributed by atoms with van der Waals surface area (Å²) in [5.41, 5.74) is 1.67. The maximum absolute atomic E-state index is 11.4. The van der Waals surface area contributed by atoms with Crippen LogP contribution in [-0.2, 0) is 20.1 Å². The number of rotatable bonds is 2. The number of aromatic carboxylic acids is 1. The molecule has 1 radical (unpaired) electrons. The molecule has 1 aliphatic carbocycles. The molecule has 0 spiro atoms. The van der Waals surface area contributed by atoms with Gasteiger partial charge >= 0.3 is 5.97 Å². The van der Waals surface area contributed by atoms with Crippen LogP contribution in [0.25, 0.3) is 5.57 Å². The SMILES string of the molecule is O=C(O)c1ccccn1.[Ir].[O-][n+]1ccccc1C1=[C-]C=CC=CC1. The molecule has 0 bridgehead atoms. The Hall–Kier alpha value is -2.56. The van der Waals surface area contributed by atoms with Gasteiger partial charge in [0.2, 0.25) is 0 Å². The van der Waals surface area contributed by atoms with E-state index >= 15 is 0 Å². The van der Waals surface area contributed by atoms with Gasteiger partial charge in [-0.15, -0.1) is 6.08 Å². The van der Waals surface area contributed by atoms with E-state index in [1.165, 1.54) is 18.5 Å². The van der Waals surface area contributed by atoms with Crippen LogP contribution in [0.1, 0.15) is 22.6 Å². The Kier molecular flexibility index (Phi) is 8.33. The molecular weight excluding hydrogens is 484 g/mol. The maximum Gasteiger partial charge on any atom is 0.354 e. The normalized spacial score (nSPS) is 12.1. The van der Waals surface area contributed by atoms with E-state index in [9.17, 15) is 10.0 Å². The van der Waals surface area contributed by atoms with Crippen molar-refractivity contribution < 1.29 is 34.7 Å². The first kappa shape index (κ1) is 19.5. The van der Waals surface area contributed by atoms with Crippen molar-refractivity contribution in [2.75, 3.05) is 0 Å². The van der Waals surface area contributed by atoms with Gasteiger partial charge in [-0.2, -0.15) is 18.2 Å². The summed E-state index contributed by atoms with van der Waals surface area (Å²) in [6, 6.07) is 10.1. The van der Waals surface area contributed by atoms with Crippen LogP contribution < -0.4 is 4.73 Å². The van der Waals surface area contributed by atoms with Crippen molar-refractivity contribution in [1.82, 2.24) is 4.98 Å². The summed E-state index contributed by atoms with van der Waals surface area (Å²) in [7, 11) is 0. The molecule has 2 aromatic heterocycles. The standard InChI is InChI=1S/C12H10NO.C6H5NO2.Ir/c14-13-10-6-5-9-12(13)11-7-3-1-2-4-8-11;8-6(9)5-3-1-2-4-7-5;/h1-6,9-10H,7H2;1-4H,(H,8,9);/q-1;;. The van der Waals surface area contributed by atoms with E-state index in [1.807, 2.05) is 36.4 Å². The molecule has 1 N–H and O–H groups in total. The first-order chi connectivity index (χ1) is 11.2. The molecule has 0 atom stereocenters. The zero-order chi connectivity index (χ0) is 16.5. The third-order valence-corrected chi connectivity index (χ3v) is 2.94. The maximum atomic E-state index is 11.4. The molecule has 0 aliphatic heterocycles. The number of pyridine rings is 2. The van der Waals surface area contributed by atoms with Crippen molar-refractivity contribution in [2.24, 2.45) is 0 Å². The van der Waals surface area contributed by atoms with Crippen LogP contribution in [0.2, 0.25) is 0 Å². The number of carboxylic acids is 1. The Morgan fingerprint density at radius 1 is 1.21 bits per heavy atom. The second kappa shape index (κ2) is 10.3. The molecule has 0 fully saturated rings. The first-order valence-electron chi connectivity index (χ1n) is 6.95. The van der Waals surface area contributed by atoms with Gasteiger partial charge in [0.05, 0.1) is 0 Å². The Morgan fingerprint density at radius 2 is 2.00 bits per heavy atom. The van der Waals surface area contributed by atoms with Crippen molar-refractivity contribution in [2.45, 2.75) is 6.42 Å². The minimum atomic E-state index is -0.990. The Balaban J connectivity index is 0.000000252. The number of hydrogen-bond donors (Lipinski definition) is 1. The number of carbonyl (C=O) groups is 1. The third kappa shape index (κ3) is 5.91. The van der Waals surface area contributed by atoms with Crippen LogP contribution in [0.4, 0.5) is 0 Å². The number of carboxylic acid groups (broad SMARTS) is 1. The second-order valence-corrected chi connectivity index (χ2v) is 4.55. The second-order valence-electron chi connectivity index (χ2n) is 4.55. The van der Waals surface area contributed by atoms with Crippen LogP contribution in [0.15, 0.2) is 73.1 Å². The molecule has 0 amide bonds. The molecule has 125 valence electrons. The van der Waals surface area contributed by atoms with Crippen molar-refractivity contribution in [3.8, 4) is 0 Å². The van der Waals surface area contributed by atoms with E-state index in [-0.39, 0.29) is 25.8 Å². The summed E-state index contributed by atoms with van der Waals surface area (Å²) in [5, 5.41) is 19.8. The van der Waals surface area contributed by atoms with E-state index in [4.69, 9.17) is 5.11 Å². The number of hydrogen-bond acceptors (Lipinski definition) is 3. The van der Waals surface area contributed by atoms with Crippen molar-refractivity contribution in [1.29, 1.82) is 0 Å². The molecule has 0 saturated heterocycles. The minimum Gasteiger partial charge on any atom is -0.629 e. The summed E-state index contributed by atoms with van der Waals surface area (Å²) in [6.07, 6.45) is 14.5. The smallest absolute Gasteiger partial charge is 0.354 e. The summed E-state index contributed by atoms with van der Waals surface area (Å²) in [5.74, 6) is -0.990. The van der Waals surface area contributed by atoms with Crippen molar-refractivity contribution in [3.05, 3.63) is 95.8 Å². The van der Waals surface area contributed by atoms with Crippen LogP contribution >= 0.6 is 0 Å². The third-order valence-electron chi connectivity index (χ3n) is 2.94. The van der Waals surface area contributed by atoms with E-state index in [0.29, 0.717) is 5.69 Å². The number of nitrogens with zero attached hydrogens (tertiary/aromatic N) is 2.